The molecule has 1 aromatic heterocycles. The van der Waals surface area contributed by atoms with Crippen LogP contribution in [-0.4, -0.2) is 28.5 Å². The van der Waals surface area contributed by atoms with E-state index in [-0.39, 0.29) is 17.4 Å². The van der Waals surface area contributed by atoms with Crippen LogP contribution in [0.1, 0.15) is 11.1 Å². The van der Waals surface area contributed by atoms with Crippen LogP contribution in [0.3, 0.4) is 0 Å². The molecular formula is C24H21F3N4O2. The van der Waals surface area contributed by atoms with Gasteiger partial charge in [-0.3, -0.25) is 0 Å². The second-order valence-corrected chi connectivity index (χ2v) is 7.25. The predicted molar refractivity (Wildman–Crippen MR) is 118 cm³/mol. The van der Waals surface area contributed by atoms with Crippen molar-refractivity contribution in [1.29, 1.82) is 0 Å². The summed E-state index contributed by atoms with van der Waals surface area (Å²) in [7, 11) is 1.60. The summed E-state index contributed by atoms with van der Waals surface area (Å²) in [6.45, 7) is 0.292. The van der Waals surface area contributed by atoms with Crippen molar-refractivity contribution in [3.8, 4) is 28.8 Å². The van der Waals surface area contributed by atoms with Gasteiger partial charge in [-0.1, -0.05) is 24.3 Å². The summed E-state index contributed by atoms with van der Waals surface area (Å²) >= 11 is 0. The van der Waals surface area contributed by atoms with Gasteiger partial charge in [0.2, 0.25) is 0 Å². The Labute approximate surface area is 188 Å². The number of aromatic nitrogens is 3. The highest BCUT2D eigenvalue weighted by molar-refractivity contribution is 5.60. The molecule has 0 saturated carbocycles. The Morgan fingerprint density at radius 2 is 1.70 bits per heavy atom. The zero-order chi connectivity index (χ0) is 23.4. The molecule has 2 N–H and O–H groups in total. The number of nitrogen functional groups attached to an aromatic ring is 1. The highest BCUT2D eigenvalue weighted by atomic mass is 19.4. The summed E-state index contributed by atoms with van der Waals surface area (Å²) in [5.74, 6) is 0.986. The zero-order valence-electron chi connectivity index (χ0n) is 17.7. The number of rotatable bonds is 7. The van der Waals surface area contributed by atoms with Gasteiger partial charge in [-0.25, -0.2) is 4.68 Å². The second-order valence-electron chi connectivity index (χ2n) is 7.25. The minimum absolute atomic E-state index is 0.0627. The summed E-state index contributed by atoms with van der Waals surface area (Å²) in [5.41, 5.74) is 7.43. The molecule has 4 aromatic rings. The van der Waals surface area contributed by atoms with Gasteiger partial charge in [0.1, 0.15) is 5.75 Å². The van der Waals surface area contributed by atoms with E-state index in [9.17, 15) is 13.2 Å². The molecule has 1 heterocycles. The molecule has 0 amide bonds. The molecule has 0 fully saturated rings. The lowest BCUT2D eigenvalue weighted by Gasteiger charge is -2.09. The third-order valence-corrected chi connectivity index (χ3v) is 4.95. The maximum absolute atomic E-state index is 13.2. The third kappa shape index (κ3) is 5.25. The van der Waals surface area contributed by atoms with E-state index in [1.54, 1.807) is 37.4 Å². The van der Waals surface area contributed by atoms with E-state index in [2.05, 4.69) is 10.1 Å². The maximum atomic E-state index is 13.2. The molecule has 33 heavy (non-hydrogen) atoms. The Balaban J connectivity index is 1.62. The molecular weight excluding hydrogens is 433 g/mol. The summed E-state index contributed by atoms with van der Waals surface area (Å²) < 4.78 is 52.0. The summed E-state index contributed by atoms with van der Waals surface area (Å²) in [6, 6.07) is 19.3. The topological polar surface area (TPSA) is 75.2 Å². The minimum Gasteiger partial charge on any atom is -0.497 e. The van der Waals surface area contributed by atoms with Crippen molar-refractivity contribution in [1.82, 2.24) is 14.8 Å². The first kappa shape index (κ1) is 22.2. The van der Waals surface area contributed by atoms with Crippen LogP contribution in [0.4, 0.5) is 18.9 Å². The number of alkyl halides is 3. The number of benzene rings is 3. The Kier molecular flexibility index (Phi) is 6.21. The lowest BCUT2D eigenvalue weighted by molar-refractivity contribution is -0.137. The third-order valence-electron chi connectivity index (χ3n) is 4.95. The molecule has 6 nitrogen and oxygen atoms in total. The molecule has 0 aliphatic rings. The molecule has 0 bridgehead atoms. The van der Waals surface area contributed by atoms with Gasteiger partial charge in [0.25, 0.3) is 0 Å². The fraction of sp³-hybridized carbons (Fsp3) is 0.167. The van der Waals surface area contributed by atoms with E-state index < -0.39 is 11.7 Å². The SMILES string of the molecule is COc1ccc(CCOc2nc(-c3cccc(C(F)(F)F)c3)n(-c3ccc(N)cc3)n2)cc1. The van der Waals surface area contributed by atoms with Crippen LogP contribution < -0.4 is 15.2 Å². The Hall–Kier alpha value is -4.01. The van der Waals surface area contributed by atoms with E-state index in [1.165, 1.54) is 10.7 Å². The summed E-state index contributed by atoms with van der Waals surface area (Å²) in [6.07, 6.45) is -3.88. The lowest BCUT2D eigenvalue weighted by Crippen LogP contribution is -2.05. The molecule has 0 spiro atoms. The normalized spacial score (nSPS) is 11.4. The van der Waals surface area contributed by atoms with Crippen LogP contribution in [-0.2, 0) is 12.6 Å². The Bertz CT molecular complexity index is 1220. The monoisotopic (exact) mass is 454 g/mol. The van der Waals surface area contributed by atoms with Crippen molar-refractivity contribution in [2.24, 2.45) is 0 Å². The van der Waals surface area contributed by atoms with Crippen LogP contribution in [0, 0.1) is 0 Å². The molecule has 9 heteroatoms. The quantitative estimate of drug-likeness (QED) is 0.390. The van der Waals surface area contributed by atoms with Crippen LogP contribution in [0.25, 0.3) is 17.1 Å². The number of ether oxygens (including phenoxy) is 2. The standard InChI is InChI=1S/C24H21F3N4O2/c1-32-21-11-5-16(6-12-21)13-14-33-23-29-22(17-3-2-4-18(15-17)24(25,26)27)31(30-23)20-9-7-19(28)8-10-20/h2-12,15H,13-14,28H2,1H3. The summed E-state index contributed by atoms with van der Waals surface area (Å²) in [5, 5.41) is 4.38. The second kappa shape index (κ2) is 9.23. The highest BCUT2D eigenvalue weighted by Crippen LogP contribution is 2.33. The first-order valence-electron chi connectivity index (χ1n) is 10.1. The number of halogens is 3. The Morgan fingerprint density at radius 1 is 0.970 bits per heavy atom. The van der Waals surface area contributed by atoms with Crippen LogP contribution in [0.15, 0.2) is 72.8 Å². The van der Waals surface area contributed by atoms with Crippen molar-refractivity contribution >= 4 is 5.69 Å². The largest absolute Gasteiger partial charge is 0.497 e. The first-order chi connectivity index (χ1) is 15.8. The molecule has 0 unspecified atom stereocenters. The average molecular weight is 454 g/mol. The van der Waals surface area contributed by atoms with Crippen molar-refractivity contribution in [3.05, 3.63) is 83.9 Å². The molecule has 170 valence electrons. The summed E-state index contributed by atoms with van der Waals surface area (Å²) in [4.78, 5) is 4.37. The van der Waals surface area contributed by atoms with Gasteiger partial charge in [-0.2, -0.15) is 18.2 Å². The Morgan fingerprint density at radius 3 is 2.36 bits per heavy atom. The zero-order valence-corrected chi connectivity index (χ0v) is 17.7. The van der Waals surface area contributed by atoms with Crippen molar-refractivity contribution in [3.63, 3.8) is 0 Å². The van der Waals surface area contributed by atoms with Gasteiger partial charge in [-0.15, -0.1) is 5.10 Å². The molecule has 0 aliphatic carbocycles. The van der Waals surface area contributed by atoms with Crippen LogP contribution in [0.5, 0.6) is 11.8 Å². The van der Waals surface area contributed by atoms with E-state index in [0.717, 1.165) is 23.4 Å². The van der Waals surface area contributed by atoms with Crippen molar-refractivity contribution < 1.29 is 22.6 Å². The number of nitrogens with zero attached hydrogens (tertiary/aromatic N) is 3. The fourth-order valence-electron chi connectivity index (χ4n) is 3.22. The number of anilines is 1. The van der Waals surface area contributed by atoms with Gasteiger partial charge >= 0.3 is 12.2 Å². The van der Waals surface area contributed by atoms with Gasteiger partial charge in [-0.05, 0) is 54.1 Å². The fourth-order valence-corrected chi connectivity index (χ4v) is 3.22. The number of nitrogens with two attached hydrogens (primary N) is 1. The minimum atomic E-state index is -4.47. The molecule has 0 aliphatic heterocycles. The average Bonchev–Trinajstić information content (AvgIpc) is 3.24. The van der Waals surface area contributed by atoms with Crippen LogP contribution in [0.2, 0.25) is 0 Å². The van der Waals surface area contributed by atoms with E-state index in [4.69, 9.17) is 15.2 Å². The predicted octanol–water partition coefficient (Wildman–Crippen LogP) is 5.17. The molecule has 0 atom stereocenters. The van der Waals surface area contributed by atoms with Gasteiger partial charge in [0.15, 0.2) is 5.82 Å². The first-order valence-corrected chi connectivity index (χ1v) is 10.1. The van der Waals surface area contributed by atoms with Gasteiger partial charge in [0.05, 0.1) is 25.0 Å². The number of hydrogen-bond donors (Lipinski definition) is 1. The lowest BCUT2D eigenvalue weighted by atomic mass is 10.1. The van der Waals surface area contributed by atoms with Gasteiger partial charge < -0.3 is 15.2 Å². The van der Waals surface area contributed by atoms with E-state index in [0.29, 0.717) is 24.4 Å². The van der Waals surface area contributed by atoms with Gasteiger partial charge in [0, 0.05) is 17.7 Å². The maximum Gasteiger partial charge on any atom is 0.416 e. The highest BCUT2D eigenvalue weighted by Gasteiger charge is 2.31. The molecule has 4 rings (SSSR count). The van der Waals surface area contributed by atoms with Crippen LogP contribution >= 0.6 is 0 Å². The molecule has 0 saturated heterocycles. The smallest absolute Gasteiger partial charge is 0.416 e. The molecule has 0 radical (unpaired) electrons. The molecule has 3 aromatic carbocycles. The number of hydrogen-bond acceptors (Lipinski definition) is 5. The number of methoxy groups -OCH3 is 1. The van der Waals surface area contributed by atoms with Crippen molar-refractivity contribution in [2.45, 2.75) is 12.6 Å². The van der Waals surface area contributed by atoms with E-state index in [1.807, 2.05) is 24.3 Å². The van der Waals surface area contributed by atoms with E-state index >= 15 is 0 Å². The van der Waals surface area contributed by atoms with Crippen molar-refractivity contribution in [2.75, 3.05) is 19.5 Å².